The van der Waals surface area contributed by atoms with E-state index < -0.39 is 12.1 Å². The number of carboxylic acids is 1. The molecule has 128 valence electrons. The lowest BCUT2D eigenvalue weighted by atomic mass is 10.1. The van der Waals surface area contributed by atoms with Crippen LogP contribution in [0.25, 0.3) is 0 Å². The fourth-order valence-electron chi connectivity index (χ4n) is 2.34. The molecule has 2 saturated heterocycles. The van der Waals surface area contributed by atoms with Crippen LogP contribution in [0, 0.1) is 5.82 Å². The molecule has 6 nitrogen and oxygen atoms in total. The Kier molecular flexibility index (Phi) is 5.37. The standard InChI is InChI=1S/C11H14FN3O.C2HF3O2/c12-8-1-9(3-13-2-8)15-6-10-4-14-5-11(7-15)16-10;3-2(4,5)1(6)7/h1-3,10-11,14H,4-7H2;(H,6,7). The lowest BCUT2D eigenvalue weighted by Gasteiger charge is -2.42. The van der Waals surface area contributed by atoms with Gasteiger partial charge in [0.1, 0.15) is 5.82 Å². The summed E-state index contributed by atoms with van der Waals surface area (Å²) in [5, 5.41) is 10.5. The molecule has 0 radical (unpaired) electrons. The molecule has 2 fully saturated rings. The zero-order chi connectivity index (χ0) is 17.0. The van der Waals surface area contributed by atoms with Gasteiger partial charge in [-0.25, -0.2) is 9.18 Å². The molecule has 0 spiro atoms. The van der Waals surface area contributed by atoms with Crippen LogP contribution in [0.4, 0.5) is 23.2 Å². The molecular formula is C13H15F4N3O3. The van der Waals surface area contributed by atoms with E-state index in [2.05, 4.69) is 15.2 Å². The number of hydrogen-bond acceptors (Lipinski definition) is 5. The zero-order valence-electron chi connectivity index (χ0n) is 11.9. The van der Waals surface area contributed by atoms with Gasteiger partial charge in [-0.2, -0.15) is 13.2 Å². The Morgan fingerprint density at radius 1 is 1.30 bits per heavy atom. The average Bonchev–Trinajstić information content (AvgIpc) is 2.46. The predicted octanol–water partition coefficient (Wildman–Crippen LogP) is 1.03. The number of pyridine rings is 1. The van der Waals surface area contributed by atoms with Crippen LogP contribution < -0.4 is 10.2 Å². The Morgan fingerprint density at radius 3 is 2.35 bits per heavy atom. The number of nitrogens with zero attached hydrogens (tertiary/aromatic N) is 2. The van der Waals surface area contributed by atoms with Gasteiger partial charge >= 0.3 is 12.1 Å². The molecule has 23 heavy (non-hydrogen) atoms. The van der Waals surface area contributed by atoms with Gasteiger partial charge in [-0.05, 0) is 0 Å². The van der Waals surface area contributed by atoms with Gasteiger partial charge < -0.3 is 20.1 Å². The summed E-state index contributed by atoms with van der Waals surface area (Å²) in [6.45, 7) is 3.34. The van der Waals surface area contributed by atoms with Crippen molar-refractivity contribution in [2.45, 2.75) is 18.4 Å². The second kappa shape index (κ2) is 7.09. The number of rotatable bonds is 1. The predicted molar refractivity (Wildman–Crippen MR) is 71.6 cm³/mol. The van der Waals surface area contributed by atoms with Crippen LogP contribution >= 0.6 is 0 Å². The molecule has 0 saturated carbocycles. The summed E-state index contributed by atoms with van der Waals surface area (Å²) in [6, 6.07) is 1.53. The van der Waals surface area contributed by atoms with E-state index in [0.29, 0.717) is 0 Å². The van der Waals surface area contributed by atoms with Gasteiger partial charge in [0, 0.05) is 32.2 Å². The van der Waals surface area contributed by atoms with Crippen LogP contribution in [0.3, 0.4) is 0 Å². The molecule has 1 aromatic heterocycles. The van der Waals surface area contributed by atoms with Crippen molar-refractivity contribution in [3.8, 4) is 0 Å². The number of nitrogens with one attached hydrogen (secondary N) is 1. The Morgan fingerprint density at radius 2 is 1.87 bits per heavy atom. The highest BCUT2D eigenvalue weighted by molar-refractivity contribution is 5.73. The smallest absolute Gasteiger partial charge is 0.475 e. The molecular weight excluding hydrogens is 322 g/mol. The highest BCUT2D eigenvalue weighted by Crippen LogP contribution is 2.21. The summed E-state index contributed by atoms with van der Waals surface area (Å²) >= 11 is 0. The van der Waals surface area contributed by atoms with Crippen LogP contribution in [0.2, 0.25) is 0 Å². The number of halogens is 4. The van der Waals surface area contributed by atoms with E-state index in [0.717, 1.165) is 31.9 Å². The third-order valence-electron chi connectivity index (χ3n) is 3.28. The average molecular weight is 337 g/mol. The molecule has 2 aliphatic heterocycles. The quantitative estimate of drug-likeness (QED) is 0.746. The third-order valence-corrected chi connectivity index (χ3v) is 3.28. The molecule has 0 aromatic carbocycles. The van der Waals surface area contributed by atoms with Crippen molar-refractivity contribution >= 4 is 11.7 Å². The van der Waals surface area contributed by atoms with Crippen LogP contribution in [0.15, 0.2) is 18.5 Å². The Labute approximate surface area is 129 Å². The summed E-state index contributed by atoms with van der Waals surface area (Å²) in [4.78, 5) is 14.9. The second-order valence-corrected chi connectivity index (χ2v) is 5.11. The van der Waals surface area contributed by atoms with Crippen LogP contribution in [0.5, 0.6) is 0 Å². The summed E-state index contributed by atoms with van der Waals surface area (Å²) in [6.07, 6.45) is -1.74. The van der Waals surface area contributed by atoms with Crippen LogP contribution in [0.1, 0.15) is 0 Å². The Balaban J connectivity index is 0.000000236. The molecule has 2 atom stereocenters. The van der Waals surface area contributed by atoms with Gasteiger partial charge in [-0.15, -0.1) is 0 Å². The first-order valence-corrected chi connectivity index (χ1v) is 6.77. The molecule has 0 amide bonds. The van der Waals surface area contributed by atoms with Gasteiger partial charge in [0.05, 0.1) is 30.3 Å². The first-order valence-electron chi connectivity index (χ1n) is 6.77. The number of aromatic nitrogens is 1. The minimum atomic E-state index is -5.08. The van der Waals surface area contributed by atoms with Crippen LogP contribution in [-0.2, 0) is 9.53 Å². The second-order valence-electron chi connectivity index (χ2n) is 5.11. The summed E-state index contributed by atoms with van der Waals surface area (Å²) in [7, 11) is 0. The molecule has 2 unspecified atom stereocenters. The maximum atomic E-state index is 13.1. The lowest BCUT2D eigenvalue weighted by Crippen LogP contribution is -2.58. The largest absolute Gasteiger partial charge is 0.490 e. The zero-order valence-corrected chi connectivity index (χ0v) is 11.9. The number of alkyl halides is 3. The van der Waals surface area contributed by atoms with Crippen molar-refractivity contribution < 1.29 is 32.2 Å². The van der Waals surface area contributed by atoms with Crippen molar-refractivity contribution in [1.29, 1.82) is 0 Å². The van der Waals surface area contributed by atoms with Gasteiger partial charge in [-0.3, -0.25) is 4.98 Å². The molecule has 2 bridgehead atoms. The van der Waals surface area contributed by atoms with E-state index in [-0.39, 0.29) is 18.0 Å². The summed E-state index contributed by atoms with van der Waals surface area (Å²) in [5.41, 5.74) is 0.847. The monoisotopic (exact) mass is 337 g/mol. The SMILES string of the molecule is Fc1cncc(N2CC3CNCC(C2)O3)c1.O=C(O)C(F)(F)F. The fraction of sp³-hybridized carbons (Fsp3) is 0.538. The maximum Gasteiger partial charge on any atom is 0.490 e. The molecule has 10 heteroatoms. The first kappa shape index (κ1) is 17.4. The third kappa shape index (κ3) is 5.03. The Bertz CT molecular complexity index is 544. The van der Waals surface area contributed by atoms with E-state index in [9.17, 15) is 17.6 Å². The van der Waals surface area contributed by atoms with Crippen molar-refractivity contribution in [3.05, 3.63) is 24.3 Å². The van der Waals surface area contributed by atoms with Crippen molar-refractivity contribution in [1.82, 2.24) is 10.3 Å². The van der Waals surface area contributed by atoms with Crippen LogP contribution in [-0.4, -0.2) is 60.6 Å². The topological polar surface area (TPSA) is 74.7 Å². The molecule has 2 N–H and O–H groups in total. The van der Waals surface area contributed by atoms with Gasteiger partial charge in [-0.1, -0.05) is 0 Å². The van der Waals surface area contributed by atoms with E-state index >= 15 is 0 Å². The van der Waals surface area contributed by atoms with Gasteiger partial charge in [0.25, 0.3) is 0 Å². The number of aliphatic carboxylic acids is 1. The molecule has 3 heterocycles. The number of anilines is 1. The summed E-state index contributed by atoms with van der Waals surface area (Å²) < 4.78 is 50.6. The minimum absolute atomic E-state index is 0.204. The first-order chi connectivity index (χ1) is 10.8. The van der Waals surface area contributed by atoms with Crippen molar-refractivity contribution in [2.75, 3.05) is 31.1 Å². The number of morpholine rings is 2. The fourth-order valence-corrected chi connectivity index (χ4v) is 2.34. The summed E-state index contributed by atoms with van der Waals surface area (Å²) in [5.74, 6) is -3.04. The number of hydrogen-bond donors (Lipinski definition) is 2. The molecule has 3 rings (SSSR count). The Hall–Kier alpha value is -1.94. The molecule has 1 aromatic rings. The minimum Gasteiger partial charge on any atom is -0.475 e. The molecule has 2 aliphatic rings. The normalized spacial score (nSPS) is 23.7. The highest BCUT2D eigenvalue weighted by Gasteiger charge is 2.38. The van der Waals surface area contributed by atoms with Gasteiger partial charge in [0.15, 0.2) is 0 Å². The van der Waals surface area contributed by atoms with Crippen molar-refractivity contribution in [2.24, 2.45) is 0 Å². The number of ether oxygens (including phenoxy) is 1. The van der Waals surface area contributed by atoms with Gasteiger partial charge in [0.2, 0.25) is 0 Å². The number of fused-ring (bicyclic) bond motifs is 2. The maximum absolute atomic E-state index is 13.1. The van der Waals surface area contributed by atoms with E-state index in [1.54, 1.807) is 6.20 Å². The van der Waals surface area contributed by atoms with E-state index in [1.165, 1.54) is 12.3 Å². The number of carboxylic acid groups (broad SMARTS) is 1. The van der Waals surface area contributed by atoms with E-state index in [4.69, 9.17) is 14.6 Å². The lowest BCUT2D eigenvalue weighted by molar-refractivity contribution is -0.192. The number of carbonyl (C=O) groups is 1. The van der Waals surface area contributed by atoms with E-state index in [1.807, 2.05) is 0 Å². The highest BCUT2D eigenvalue weighted by atomic mass is 19.4. The molecule has 0 aliphatic carbocycles. The van der Waals surface area contributed by atoms with Crippen molar-refractivity contribution in [3.63, 3.8) is 0 Å².